The van der Waals surface area contributed by atoms with Gasteiger partial charge in [-0.05, 0) is 130 Å². The number of aromatic nitrogens is 3. The molecule has 0 aliphatic carbocycles. The summed E-state index contributed by atoms with van der Waals surface area (Å²) in [6.07, 6.45) is 0. The normalized spacial score (nSPS) is 14.2. The Morgan fingerprint density at radius 1 is 0.421 bits per heavy atom. The standard InChI is InChI=1S/C70H65BN4O/c1-42(72(47-22-14-12-15-23-47)48-24-16-13-17-25-48)43(2)73-58-28-20-18-26-50(58)52-32-33-53-51-27-19-21-29-59(51)74(67(53)66(52)73)49-40-61-64-63(41-49)76-62-35-31-45(69(6,7)8)38-56(62)71(64)57-39-46(70(9,10)11)37-55-54-36-44(68(3,4)5)30-34-60(54)75(61)65(55)57/h12-43H,1-11H3/t42?,43-/m0/s1. The smallest absolute Gasteiger partial charge is 0.256 e. The van der Waals surface area contributed by atoms with Crippen LogP contribution in [-0.2, 0) is 16.2 Å². The van der Waals surface area contributed by atoms with Crippen LogP contribution in [0.25, 0.3) is 76.8 Å². The highest BCUT2D eigenvalue weighted by molar-refractivity contribution is 6.99. The minimum Gasteiger partial charge on any atom is -0.458 e. The first-order chi connectivity index (χ1) is 36.5. The summed E-state index contributed by atoms with van der Waals surface area (Å²) in [5.74, 6) is 1.83. The van der Waals surface area contributed by atoms with Crippen LogP contribution in [0.15, 0.2) is 182 Å². The number of para-hydroxylation sites is 4. The molecule has 14 rings (SSSR count). The van der Waals surface area contributed by atoms with Gasteiger partial charge in [0.1, 0.15) is 11.5 Å². The number of hydrogen-bond donors (Lipinski definition) is 0. The Kier molecular flexibility index (Phi) is 9.97. The zero-order chi connectivity index (χ0) is 52.3. The van der Waals surface area contributed by atoms with E-state index in [1.807, 2.05) is 0 Å². The zero-order valence-electron chi connectivity index (χ0n) is 45.7. The molecule has 0 bridgehead atoms. The number of ether oxygens (including phenoxy) is 1. The maximum absolute atomic E-state index is 7.42. The van der Waals surface area contributed by atoms with Crippen molar-refractivity contribution in [1.82, 2.24) is 13.7 Å². The van der Waals surface area contributed by atoms with Gasteiger partial charge in [0.25, 0.3) is 6.71 Å². The molecule has 1 unspecified atom stereocenters. The monoisotopic (exact) mass is 989 g/mol. The second-order valence-corrected chi connectivity index (χ2v) is 25.1. The second kappa shape index (κ2) is 16.3. The van der Waals surface area contributed by atoms with E-state index in [4.69, 9.17) is 4.74 Å². The third-order valence-electron chi connectivity index (χ3n) is 17.3. The van der Waals surface area contributed by atoms with Crippen LogP contribution >= 0.6 is 0 Å². The third kappa shape index (κ3) is 6.78. The molecule has 76 heavy (non-hydrogen) atoms. The molecule has 5 heterocycles. The average Bonchev–Trinajstić information content (AvgIpc) is 4.20. The van der Waals surface area contributed by atoms with Crippen molar-refractivity contribution >= 4 is 99.9 Å². The van der Waals surface area contributed by atoms with E-state index >= 15 is 0 Å². The van der Waals surface area contributed by atoms with Crippen LogP contribution in [0, 0.1) is 0 Å². The first-order valence-electron chi connectivity index (χ1n) is 27.4. The summed E-state index contributed by atoms with van der Waals surface area (Å²) >= 11 is 0. The molecule has 6 heteroatoms. The summed E-state index contributed by atoms with van der Waals surface area (Å²) in [7, 11) is 0. The lowest BCUT2D eigenvalue weighted by molar-refractivity contribution is 0.482. The topological polar surface area (TPSA) is 27.3 Å². The lowest BCUT2D eigenvalue weighted by Gasteiger charge is -2.36. The van der Waals surface area contributed by atoms with Crippen LogP contribution in [0.3, 0.4) is 0 Å². The molecule has 2 aliphatic heterocycles. The Morgan fingerprint density at radius 3 is 1.62 bits per heavy atom. The Balaban J connectivity index is 1.10. The Hall–Kier alpha value is -7.96. The van der Waals surface area contributed by atoms with Gasteiger partial charge in [-0.2, -0.15) is 0 Å². The molecular weight excluding hydrogens is 924 g/mol. The van der Waals surface area contributed by atoms with E-state index in [0.717, 1.165) is 22.7 Å². The minimum absolute atomic E-state index is 0.0197. The van der Waals surface area contributed by atoms with E-state index in [1.165, 1.54) is 110 Å². The lowest BCUT2D eigenvalue weighted by atomic mass is 9.34. The molecule has 5 nitrogen and oxygen atoms in total. The van der Waals surface area contributed by atoms with E-state index in [1.54, 1.807) is 0 Å². The number of benzene rings is 9. The Morgan fingerprint density at radius 2 is 0.961 bits per heavy atom. The van der Waals surface area contributed by atoms with E-state index in [2.05, 4.69) is 277 Å². The third-order valence-corrected chi connectivity index (χ3v) is 17.3. The van der Waals surface area contributed by atoms with Gasteiger partial charge >= 0.3 is 0 Å². The highest BCUT2D eigenvalue weighted by atomic mass is 16.5. The number of anilines is 2. The van der Waals surface area contributed by atoms with Crippen molar-refractivity contribution in [3.63, 3.8) is 0 Å². The fraction of sp³-hybridized carbons (Fsp3) is 0.229. The summed E-state index contributed by atoms with van der Waals surface area (Å²) < 4.78 is 15.2. The van der Waals surface area contributed by atoms with Crippen molar-refractivity contribution in [2.45, 2.75) is 104 Å². The molecule has 0 N–H and O–H groups in total. The largest absolute Gasteiger partial charge is 0.458 e. The van der Waals surface area contributed by atoms with Gasteiger partial charge in [-0.1, -0.05) is 172 Å². The molecule has 3 aromatic heterocycles. The summed E-state index contributed by atoms with van der Waals surface area (Å²) in [5.41, 5.74) is 19.6. The summed E-state index contributed by atoms with van der Waals surface area (Å²) in [6, 6.07) is 68.8. The van der Waals surface area contributed by atoms with Gasteiger partial charge in [-0.15, -0.1) is 0 Å². The maximum atomic E-state index is 7.42. The van der Waals surface area contributed by atoms with Gasteiger partial charge in [0.15, 0.2) is 0 Å². The lowest BCUT2D eigenvalue weighted by Crippen LogP contribution is -2.58. The molecule has 0 amide bonds. The molecule has 0 saturated heterocycles. The first kappa shape index (κ1) is 46.6. The number of hydrogen-bond acceptors (Lipinski definition) is 2. The second-order valence-electron chi connectivity index (χ2n) is 25.1. The van der Waals surface area contributed by atoms with Crippen LogP contribution < -0.4 is 26.0 Å². The number of nitrogens with zero attached hydrogens (tertiary/aromatic N) is 4. The highest BCUT2D eigenvalue weighted by Gasteiger charge is 2.43. The molecule has 0 fully saturated rings. The van der Waals surface area contributed by atoms with Crippen molar-refractivity contribution < 1.29 is 4.74 Å². The summed E-state index contributed by atoms with van der Waals surface area (Å²) in [5, 5.41) is 7.55. The average molecular weight is 989 g/mol. The SMILES string of the molecule is CC([C@H](C)n1c2ccccc2c2ccc3c4ccccc4n(-c4cc5c6c(c4)-n4c7ccc(C(C)(C)C)cc7c7cc(C(C)(C)C)cc(c74)B6c4cc(C(C)(C)C)ccc4O5)c3c21)N(c1ccccc1)c1ccccc1. The van der Waals surface area contributed by atoms with Crippen molar-refractivity contribution in [3.8, 4) is 22.9 Å². The van der Waals surface area contributed by atoms with E-state index in [9.17, 15) is 0 Å². The Labute approximate surface area is 447 Å². The summed E-state index contributed by atoms with van der Waals surface area (Å²) in [6.45, 7) is 25.8. The first-order valence-corrected chi connectivity index (χ1v) is 27.4. The molecule has 374 valence electrons. The van der Waals surface area contributed by atoms with E-state index in [-0.39, 0.29) is 35.0 Å². The van der Waals surface area contributed by atoms with Crippen molar-refractivity contribution in [1.29, 1.82) is 0 Å². The minimum atomic E-state index is -0.0734. The Bertz CT molecular complexity index is 4320. The van der Waals surface area contributed by atoms with E-state index < -0.39 is 0 Å². The fourth-order valence-corrected chi connectivity index (χ4v) is 13.2. The molecule has 9 aromatic carbocycles. The highest BCUT2D eigenvalue weighted by Crippen LogP contribution is 2.47. The van der Waals surface area contributed by atoms with Gasteiger partial charge in [0.05, 0.1) is 39.8 Å². The molecule has 0 spiro atoms. The van der Waals surface area contributed by atoms with Crippen LogP contribution in [0.1, 0.15) is 98.9 Å². The van der Waals surface area contributed by atoms with Gasteiger partial charge in [0.2, 0.25) is 0 Å². The summed E-state index contributed by atoms with van der Waals surface area (Å²) in [4.78, 5) is 2.51. The van der Waals surface area contributed by atoms with Crippen molar-refractivity contribution in [2.75, 3.05) is 4.90 Å². The molecule has 2 atom stereocenters. The van der Waals surface area contributed by atoms with Crippen LogP contribution in [0.4, 0.5) is 11.4 Å². The number of fused-ring (bicyclic) bond motifs is 14. The molecule has 0 saturated carbocycles. The molecule has 2 aliphatic rings. The number of rotatable bonds is 6. The van der Waals surface area contributed by atoms with Crippen LogP contribution in [0.2, 0.25) is 0 Å². The fourth-order valence-electron chi connectivity index (χ4n) is 13.2. The maximum Gasteiger partial charge on any atom is 0.256 e. The van der Waals surface area contributed by atoms with Crippen LogP contribution in [0.5, 0.6) is 11.5 Å². The van der Waals surface area contributed by atoms with Crippen molar-refractivity contribution in [3.05, 3.63) is 199 Å². The molecule has 0 radical (unpaired) electrons. The van der Waals surface area contributed by atoms with Gasteiger partial charge in [0, 0.05) is 66.5 Å². The zero-order valence-corrected chi connectivity index (χ0v) is 45.7. The molecule has 12 aromatic rings. The van der Waals surface area contributed by atoms with Crippen LogP contribution in [-0.4, -0.2) is 26.5 Å². The predicted molar refractivity (Wildman–Crippen MR) is 325 cm³/mol. The predicted octanol–water partition coefficient (Wildman–Crippen LogP) is 16.6. The molecular formula is C70H65BN4O. The quantitative estimate of drug-likeness (QED) is 0.155. The van der Waals surface area contributed by atoms with Gasteiger partial charge in [-0.3, -0.25) is 0 Å². The van der Waals surface area contributed by atoms with Gasteiger partial charge in [-0.25, -0.2) is 0 Å². The van der Waals surface area contributed by atoms with Gasteiger partial charge < -0.3 is 23.3 Å². The van der Waals surface area contributed by atoms with E-state index in [0.29, 0.717) is 0 Å². The van der Waals surface area contributed by atoms with Crippen molar-refractivity contribution in [2.24, 2.45) is 0 Å².